The molecule has 0 amide bonds. The minimum Gasteiger partial charge on any atom is -0.453 e. The molecule has 6 nitrogen and oxygen atoms in total. The predicted molar refractivity (Wildman–Crippen MR) is 84.6 cm³/mol. The van der Waals surface area contributed by atoms with Crippen molar-refractivity contribution in [3.05, 3.63) is 45.2 Å². The smallest absolute Gasteiger partial charge is 0.196 e. The molecule has 1 aromatic carbocycles. The summed E-state index contributed by atoms with van der Waals surface area (Å²) in [4.78, 5) is 14.1. The van der Waals surface area contributed by atoms with Crippen LogP contribution in [0.15, 0.2) is 27.5 Å². The van der Waals surface area contributed by atoms with Gasteiger partial charge in [-0.1, -0.05) is 6.07 Å². The van der Waals surface area contributed by atoms with E-state index in [2.05, 4.69) is 10.2 Å². The third kappa shape index (κ3) is 2.21. The lowest BCUT2D eigenvalue weighted by atomic mass is 10.0. The number of hydrogen-bond acceptors (Lipinski definition) is 5. The van der Waals surface area contributed by atoms with Crippen molar-refractivity contribution < 1.29 is 4.42 Å². The van der Waals surface area contributed by atoms with Gasteiger partial charge in [0.1, 0.15) is 11.3 Å². The first-order valence-electron chi connectivity index (χ1n) is 7.08. The average Bonchev–Trinajstić information content (AvgIpc) is 2.88. The highest BCUT2D eigenvalue weighted by molar-refractivity contribution is 5.83. The lowest BCUT2D eigenvalue weighted by molar-refractivity contribution is 0.595. The van der Waals surface area contributed by atoms with Gasteiger partial charge >= 0.3 is 0 Å². The summed E-state index contributed by atoms with van der Waals surface area (Å²) in [5, 5.41) is 8.81. The molecule has 2 N–H and O–H groups in total. The lowest BCUT2D eigenvalue weighted by Gasteiger charge is -2.12. The van der Waals surface area contributed by atoms with E-state index in [-0.39, 0.29) is 11.5 Å². The Balaban J connectivity index is 2.42. The Kier molecular flexibility index (Phi) is 3.33. The van der Waals surface area contributed by atoms with Gasteiger partial charge in [-0.3, -0.25) is 4.79 Å². The predicted octanol–water partition coefficient (Wildman–Crippen LogP) is 2.23. The molecule has 0 unspecified atom stereocenters. The zero-order valence-electron chi connectivity index (χ0n) is 13.0. The number of fused-ring (bicyclic) bond motifs is 1. The van der Waals surface area contributed by atoms with Gasteiger partial charge in [-0.05, 0) is 32.4 Å². The summed E-state index contributed by atoms with van der Waals surface area (Å²) in [7, 11) is 1.72. The van der Waals surface area contributed by atoms with Crippen molar-refractivity contribution in [2.75, 3.05) is 0 Å². The van der Waals surface area contributed by atoms with Gasteiger partial charge in [0.15, 0.2) is 11.2 Å². The first-order chi connectivity index (χ1) is 10.4. The van der Waals surface area contributed by atoms with Gasteiger partial charge in [-0.15, -0.1) is 0 Å². The molecule has 0 aliphatic rings. The third-order valence-electron chi connectivity index (χ3n) is 3.71. The monoisotopic (exact) mass is 298 g/mol. The summed E-state index contributed by atoms with van der Waals surface area (Å²) >= 11 is 0. The Morgan fingerprint density at radius 3 is 2.64 bits per heavy atom. The Labute approximate surface area is 127 Å². The van der Waals surface area contributed by atoms with Gasteiger partial charge in [-0.2, -0.15) is 15.0 Å². The third-order valence-corrected chi connectivity index (χ3v) is 3.71. The Morgan fingerprint density at radius 2 is 2.05 bits per heavy atom. The average molecular weight is 298 g/mol. The van der Waals surface area contributed by atoms with E-state index in [1.54, 1.807) is 20.2 Å². The van der Waals surface area contributed by atoms with E-state index in [1.807, 2.05) is 26.0 Å². The molecule has 0 fully saturated rings. The van der Waals surface area contributed by atoms with Crippen molar-refractivity contribution in [3.8, 4) is 11.5 Å². The molecule has 3 rings (SSSR count). The normalized spacial score (nSPS) is 12.8. The lowest BCUT2D eigenvalue weighted by Crippen LogP contribution is -2.12. The van der Waals surface area contributed by atoms with Crippen molar-refractivity contribution in [1.29, 1.82) is 0 Å². The molecule has 2 aromatic heterocycles. The van der Waals surface area contributed by atoms with Gasteiger partial charge < -0.3 is 10.2 Å². The van der Waals surface area contributed by atoms with Gasteiger partial charge in [0.2, 0.25) is 0 Å². The Bertz CT molecular complexity index is 922. The van der Waals surface area contributed by atoms with Gasteiger partial charge in [0.25, 0.3) is 0 Å². The van der Waals surface area contributed by atoms with Crippen molar-refractivity contribution >= 4 is 11.0 Å². The zero-order valence-corrected chi connectivity index (χ0v) is 13.0. The van der Waals surface area contributed by atoms with E-state index in [9.17, 15) is 4.79 Å². The zero-order chi connectivity index (χ0) is 16.0. The topological polar surface area (TPSA) is 86.9 Å². The molecule has 0 aliphatic heterocycles. The summed E-state index contributed by atoms with van der Waals surface area (Å²) in [5.41, 5.74) is 9.36. The second-order valence-electron chi connectivity index (χ2n) is 5.62. The Hall–Kier alpha value is -2.47. The molecule has 0 spiro atoms. The summed E-state index contributed by atoms with van der Waals surface area (Å²) in [6.07, 6.45) is 1.58. The first-order valence-corrected chi connectivity index (χ1v) is 7.08. The molecule has 0 saturated carbocycles. The van der Waals surface area contributed by atoms with Crippen LogP contribution < -0.4 is 11.2 Å². The van der Waals surface area contributed by atoms with Crippen molar-refractivity contribution in [2.45, 2.75) is 26.8 Å². The van der Waals surface area contributed by atoms with E-state index in [1.165, 1.54) is 4.80 Å². The van der Waals surface area contributed by atoms with Gasteiger partial charge in [0, 0.05) is 24.2 Å². The molecule has 2 heterocycles. The molecule has 22 heavy (non-hydrogen) atoms. The van der Waals surface area contributed by atoms with E-state index >= 15 is 0 Å². The van der Waals surface area contributed by atoms with Crippen LogP contribution in [0.25, 0.3) is 22.4 Å². The van der Waals surface area contributed by atoms with Crippen LogP contribution in [0.5, 0.6) is 0 Å². The number of aryl methyl sites for hydroxylation is 2. The van der Waals surface area contributed by atoms with Crippen LogP contribution in [-0.2, 0) is 7.05 Å². The number of nitrogens with zero attached hydrogens (tertiary/aromatic N) is 3. The van der Waals surface area contributed by atoms with Crippen LogP contribution in [0.1, 0.15) is 29.7 Å². The fourth-order valence-corrected chi connectivity index (χ4v) is 2.60. The highest BCUT2D eigenvalue weighted by Gasteiger charge is 2.18. The van der Waals surface area contributed by atoms with Crippen LogP contribution in [-0.4, -0.2) is 15.0 Å². The molecular weight excluding hydrogens is 280 g/mol. The SMILES string of the molecule is Cc1cc([C@@H](C)N)c2oc(-c3cnn(C)n3)c(C)c(=O)c2c1. The van der Waals surface area contributed by atoms with E-state index in [0.29, 0.717) is 28.0 Å². The van der Waals surface area contributed by atoms with Crippen molar-refractivity contribution in [3.63, 3.8) is 0 Å². The molecule has 0 radical (unpaired) electrons. The van der Waals surface area contributed by atoms with Crippen molar-refractivity contribution in [1.82, 2.24) is 15.0 Å². The quantitative estimate of drug-likeness (QED) is 0.784. The number of nitrogens with two attached hydrogens (primary N) is 1. The standard InChI is InChI=1S/C16H18N4O2/c1-8-5-11(10(3)17)16-12(6-8)14(21)9(2)15(22-16)13-7-18-20(4)19-13/h5-7,10H,17H2,1-4H3/t10-/m1/s1. The number of benzene rings is 1. The summed E-state index contributed by atoms with van der Waals surface area (Å²) in [6.45, 7) is 5.55. The van der Waals surface area contributed by atoms with Crippen LogP contribution >= 0.6 is 0 Å². The van der Waals surface area contributed by atoms with E-state index in [4.69, 9.17) is 10.2 Å². The maximum atomic E-state index is 12.7. The molecule has 0 saturated heterocycles. The van der Waals surface area contributed by atoms with Gasteiger partial charge in [-0.25, -0.2) is 0 Å². The van der Waals surface area contributed by atoms with Crippen LogP contribution in [0.4, 0.5) is 0 Å². The largest absolute Gasteiger partial charge is 0.453 e. The van der Waals surface area contributed by atoms with Crippen LogP contribution in [0.2, 0.25) is 0 Å². The number of rotatable bonds is 2. The van der Waals surface area contributed by atoms with Gasteiger partial charge in [0.05, 0.1) is 11.6 Å². The number of hydrogen-bond donors (Lipinski definition) is 1. The first kappa shape index (κ1) is 14.5. The summed E-state index contributed by atoms with van der Waals surface area (Å²) in [6, 6.07) is 3.55. The second kappa shape index (κ2) is 5.06. The minimum absolute atomic E-state index is 0.0625. The molecule has 0 bridgehead atoms. The van der Waals surface area contributed by atoms with E-state index in [0.717, 1.165) is 11.1 Å². The highest BCUT2D eigenvalue weighted by atomic mass is 16.3. The molecule has 6 heteroatoms. The maximum Gasteiger partial charge on any atom is 0.196 e. The minimum atomic E-state index is -0.233. The molecule has 3 aromatic rings. The van der Waals surface area contributed by atoms with Crippen molar-refractivity contribution in [2.24, 2.45) is 12.8 Å². The van der Waals surface area contributed by atoms with Crippen LogP contribution in [0.3, 0.4) is 0 Å². The summed E-state index contributed by atoms with van der Waals surface area (Å²) < 4.78 is 6.02. The maximum absolute atomic E-state index is 12.7. The highest BCUT2D eigenvalue weighted by Crippen LogP contribution is 2.29. The molecule has 1 atom stereocenters. The molecule has 0 aliphatic carbocycles. The fourth-order valence-electron chi connectivity index (χ4n) is 2.60. The molecule has 114 valence electrons. The Morgan fingerprint density at radius 1 is 1.32 bits per heavy atom. The second-order valence-corrected chi connectivity index (χ2v) is 5.62. The number of aromatic nitrogens is 3. The summed E-state index contributed by atoms with van der Waals surface area (Å²) in [5.74, 6) is 0.441. The van der Waals surface area contributed by atoms with E-state index < -0.39 is 0 Å². The molecular formula is C16H18N4O2. The van der Waals surface area contributed by atoms with Crippen LogP contribution in [0, 0.1) is 13.8 Å². The fraction of sp³-hybridized carbons (Fsp3) is 0.312.